The van der Waals surface area contributed by atoms with Gasteiger partial charge in [-0.25, -0.2) is 0 Å². The van der Waals surface area contributed by atoms with Crippen molar-refractivity contribution < 1.29 is 0 Å². The number of hydrogen-bond acceptors (Lipinski definition) is 2. The summed E-state index contributed by atoms with van der Waals surface area (Å²) in [6.45, 7) is 12.6. The van der Waals surface area contributed by atoms with Gasteiger partial charge in [-0.1, -0.05) is 64.5 Å². The van der Waals surface area contributed by atoms with Crippen molar-refractivity contribution in [3.8, 4) is 0 Å². The summed E-state index contributed by atoms with van der Waals surface area (Å²) in [4.78, 5) is 0. The lowest BCUT2D eigenvalue weighted by Crippen LogP contribution is -2.20. The lowest BCUT2D eigenvalue weighted by Gasteiger charge is -2.32. The van der Waals surface area contributed by atoms with E-state index in [1.807, 2.05) is 4.68 Å². The van der Waals surface area contributed by atoms with Crippen molar-refractivity contribution >= 4 is 0 Å². The topological polar surface area (TPSA) is 30.7 Å². The summed E-state index contributed by atoms with van der Waals surface area (Å²) < 4.78 is 2.03. The Morgan fingerprint density at radius 3 is 2.80 bits per heavy atom. The Morgan fingerprint density at radius 1 is 1.28 bits per heavy atom. The second-order valence-corrected chi connectivity index (χ2v) is 8.83. The molecule has 0 radical (unpaired) electrons. The van der Waals surface area contributed by atoms with Gasteiger partial charge in [0.25, 0.3) is 0 Å². The molecule has 1 aromatic heterocycles. The molecule has 0 saturated heterocycles. The van der Waals surface area contributed by atoms with E-state index < -0.39 is 0 Å². The molecule has 0 saturated carbocycles. The monoisotopic (exact) mass is 339 g/mol. The van der Waals surface area contributed by atoms with Crippen LogP contribution >= 0.6 is 0 Å². The van der Waals surface area contributed by atoms with Crippen molar-refractivity contribution in [3.63, 3.8) is 0 Å². The van der Waals surface area contributed by atoms with Gasteiger partial charge in [0.1, 0.15) is 0 Å². The molecule has 3 rings (SSSR count). The molecule has 0 fully saturated rings. The minimum atomic E-state index is 0.239. The summed E-state index contributed by atoms with van der Waals surface area (Å²) in [6, 6.07) is 7.24. The summed E-state index contributed by atoms with van der Waals surface area (Å²) in [5.41, 5.74) is 5.99. The van der Waals surface area contributed by atoms with Gasteiger partial charge in [0, 0.05) is 12.7 Å². The second-order valence-electron chi connectivity index (χ2n) is 8.83. The predicted octanol–water partition coefficient (Wildman–Crippen LogP) is 5.50. The number of hydrogen-bond donors (Lipinski definition) is 0. The predicted molar refractivity (Wildman–Crippen MR) is 104 cm³/mol. The van der Waals surface area contributed by atoms with Crippen molar-refractivity contribution in [2.45, 2.75) is 85.1 Å². The zero-order valence-corrected chi connectivity index (χ0v) is 16.5. The Kier molecular flexibility index (Phi) is 5.31. The molecule has 0 bridgehead atoms. The molecule has 1 heterocycles. The van der Waals surface area contributed by atoms with Crippen molar-refractivity contribution in [1.82, 2.24) is 15.0 Å². The number of fused-ring (bicyclic) bond motifs is 1. The highest BCUT2D eigenvalue weighted by atomic mass is 15.4. The molecular formula is C22H33N3. The van der Waals surface area contributed by atoms with E-state index in [0.29, 0.717) is 11.8 Å². The van der Waals surface area contributed by atoms with Crippen LogP contribution in [0.2, 0.25) is 0 Å². The Bertz CT molecular complexity index is 708. The van der Waals surface area contributed by atoms with E-state index in [0.717, 1.165) is 31.5 Å². The highest BCUT2D eigenvalue weighted by molar-refractivity contribution is 5.39. The van der Waals surface area contributed by atoms with Crippen molar-refractivity contribution in [2.24, 2.45) is 5.41 Å². The van der Waals surface area contributed by atoms with Crippen LogP contribution in [0.25, 0.3) is 0 Å². The number of rotatable bonds is 6. The van der Waals surface area contributed by atoms with Crippen molar-refractivity contribution in [1.29, 1.82) is 0 Å². The molecule has 0 spiro atoms. The quantitative estimate of drug-likeness (QED) is 0.695. The van der Waals surface area contributed by atoms with Crippen LogP contribution in [0.15, 0.2) is 24.4 Å². The van der Waals surface area contributed by atoms with E-state index in [4.69, 9.17) is 0 Å². The summed E-state index contributed by atoms with van der Waals surface area (Å²) >= 11 is 0. The zero-order valence-electron chi connectivity index (χ0n) is 16.5. The summed E-state index contributed by atoms with van der Waals surface area (Å²) in [5, 5.41) is 8.61. The SMILES string of the molecule is CCCc1cn(CCC(c2ccc3c(c2)C(C)CC3)C(C)(C)C)nn1. The van der Waals surface area contributed by atoms with Gasteiger partial charge in [0.15, 0.2) is 0 Å². The third-order valence-electron chi connectivity index (χ3n) is 5.73. The van der Waals surface area contributed by atoms with Crippen LogP contribution in [0.3, 0.4) is 0 Å². The third kappa shape index (κ3) is 4.13. The molecule has 1 aliphatic carbocycles. The van der Waals surface area contributed by atoms with Crippen LogP contribution in [0.1, 0.15) is 88.1 Å². The second kappa shape index (κ2) is 7.31. The van der Waals surface area contributed by atoms with E-state index >= 15 is 0 Å². The van der Waals surface area contributed by atoms with E-state index in [1.54, 1.807) is 11.1 Å². The fourth-order valence-electron chi connectivity index (χ4n) is 4.22. The Balaban J connectivity index is 1.77. The average Bonchev–Trinajstić information content (AvgIpc) is 3.14. The lowest BCUT2D eigenvalue weighted by molar-refractivity contribution is 0.290. The molecule has 2 aromatic rings. The average molecular weight is 340 g/mol. The van der Waals surface area contributed by atoms with Crippen LogP contribution in [0.5, 0.6) is 0 Å². The first-order valence-electron chi connectivity index (χ1n) is 9.90. The lowest BCUT2D eigenvalue weighted by atomic mass is 9.74. The van der Waals surface area contributed by atoms with Gasteiger partial charge >= 0.3 is 0 Å². The molecule has 1 aromatic carbocycles. The zero-order chi connectivity index (χ0) is 18.0. The molecule has 2 atom stereocenters. The maximum atomic E-state index is 4.32. The number of benzene rings is 1. The van der Waals surface area contributed by atoms with Crippen LogP contribution in [0, 0.1) is 5.41 Å². The summed E-state index contributed by atoms with van der Waals surface area (Å²) in [7, 11) is 0. The van der Waals surface area contributed by atoms with Crippen molar-refractivity contribution in [3.05, 3.63) is 46.8 Å². The Hall–Kier alpha value is -1.64. The Labute approximate surface area is 152 Å². The van der Waals surface area contributed by atoms with Gasteiger partial charge in [-0.3, -0.25) is 4.68 Å². The Morgan fingerprint density at radius 2 is 2.08 bits per heavy atom. The molecule has 136 valence electrons. The highest BCUT2D eigenvalue weighted by Crippen LogP contribution is 2.41. The maximum absolute atomic E-state index is 4.32. The van der Waals surface area contributed by atoms with E-state index in [1.165, 1.54) is 18.4 Å². The van der Waals surface area contributed by atoms with E-state index in [2.05, 4.69) is 69.3 Å². The third-order valence-corrected chi connectivity index (χ3v) is 5.73. The largest absolute Gasteiger partial charge is 0.252 e. The fourth-order valence-corrected chi connectivity index (χ4v) is 4.22. The maximum Gasteiger partial charge on any atom is 0.0827 e. The highest BCUT2D eigenvalue weighted by Gasteiger charge is 2.28. The first kappa shape index (κ1) is 18.2. The molecule has 0 N–H and O–H groups in total. The standard InChI is InChI=1S/C22H33N3/c1-6-7-19-15-25(24-23-19)13-12-21(22(3,4)5)18-11-10-17-9-8-16(2)20(17)14-18/h10-11,14-16,21H,6-9,12-13H2,1-5H3. The fraction of sp³-hybridized carbons (Fsp3) is 0.636. The molecule has 25 heavy (non-hydrogen) atoms. The van der Waals surface area contributed by atoms with Gasteiger partial charge in [-0.05, 0) is 59.6 Å². The van der Waals surface area contributed by atoms with Crippen LogP contribution in [-0.4, -0.2) is 15.0 Å². The van der Waals surface area contributed by atoms with Gasteiger partial charge in [0.2, 0.25) is 0 Å². The first-order chi connectivity index (χ1) is 11.9. The number of aryl methyl sites for hydroxylation is 3. The first-order valence-corrected chi connectivity index (χ1v) is 9.90. The molecular weight excluding hydrogens is 306 g/mol. The van der Waals surface area contributed by atoms with Crippen molar-refractivity contribution in [2.75, 3.05) is 0 Å². The number of nitrogens with zero attached hydrogens (tertiary/aromatic N) is 3. The van der Waals surface area contributed by atoms with Crippen LogP contribution in [-0.2, 0) is 19.4 Å². The normalized spacial score (nSPS) is 18.4. The summed E-state index contributed by atoms with van der Waals surface area (Å²) in [5.74, 6) is 1.24. The minimum Gasteiger partial charge on any atom is -0.252 e. The van der Waals surface area contributed by atoms with Gasteiger partial charge in [0.05, 0.1) is 5.69 Å². The van der Waals surface area contributed by atoms with Crippen LogP contribution in [0.4, 0.5) is 0 Å². The minimum absolute atomic E-state index is 0.239. The van der Waals surface area contributed by atoms with Gasteiger partial charge < -0.3 is 0 Å². The number of aromatic nitrogens is 3. The van der Waals surface area contributed by atoms with Gasteiger partial charge in [-0.2, -0.15) is 0 Å². The molecule has 0 aliphatic heterocycles. The van der Waals surface area contributed by atoms with E-state index in [9.17, 15) is 0 Å². The molecule has 0 amide bonds. The van der Waals surface area contributed by atoms with Crippen LogP contribution < -0.4 is 0 Å². The molecule has 1 aliphatic rings. The summed E-state index contributed by atoms with van der Waals surface area (Å²) in [6.07, 6.45) is 7.91. The molecule has 3 nitrogen and oxygen atoms in total. The molecule has 3 heteroatoms. The smallest absolute Gasteiger partial charge is 0.0827 e. The van der Waals surface area contributed by atoms with Gasteiger partial charge in [-0.15, -0.1) is 5.10 Å². The van der Waals surface area contributed by atoms with E-state index in [-0.39, 0.29) is 5.41 Å². The molecule has 2 unspecified atom stereocenters.